The van der Waals surface area contributed by atoms with Crippen molar-refractivity contribution in [2.24, 2.45) is 0 Å². The van der Waals surface area contributed by atoms with Gasteiger partial charge in [-0.05, 0) is 32.0 Å². The van der Waals surface area contributed by atoms with Gasteiger partial charge >= 0.3 is 0 Å². The number of pyridine rings is 1. The van der Waals surface area contributed by atoms with E-state index < -0.39 is 0 Å². The summed E-state index contributed by atoms with van der Waals surface area (Å²) in [5.74, 6) is 0.0793. The number of hydrogen-bond acceptors (Lipinski definition) is 5. The standard InChI is InChI=1S/C12H13N5O/c1-8-6-9(2)15-12(14-8)17-16-11(18)10-4-3-5-13-7-10/h3-7H,1-2H3,(H,16,18)(H,14,15,17). The lowest BCUT2D eigenvalue weighted by atomic mass is 10.3. The molecule has 0 aliphatic rings. The molecule has 0 atom stereocenters. The monoisotopic (exact) mass is 243 g/mol. The van der Waals surface area contributed by atoms with E-state index in [1.165, 1.54) is 6.20 Å². The topological polar surface area (TPSA) is 79.8 Å². The second-order valence-electron chi connectivity index (χ2n) is 3.80. The fourth-order valence-electron chi connectivity index (χ4n) is 1.46. The van der Waals surface area contributed by atoms with Crippen LogP contribution in [0.5, 0.6) is 0 Å². The largest absolute Gasteiger partial charge is 0.271 e. The first-order valence-corrected chi connectivity index (χ1v) is 5.44. The molecule has 2 heterocycles. The summed E-state index contributed by atoms with van der Waals surface area (Å²) >= 11 is 0. The normalized spacial score (nSPS) is 9.89. The molecule has 0 bridgehead atoms. The zero-order valence-electron chi connectivity index (χ0n) is 10.1. The average molecular weight is 243 g/mol. The van der Waals surface area contributed by atoms with Gasteiger partial charge in [0, 0.05) is 23.8 Å². The third kappa shape index (κ3) is 3.00. The van der Waals surface area contributed by atoms with Crippen LogP contribution >= 0.6 is 0 Å². The Balaban J connectivity index is 2.02. The molecule has 2 N–H and O–H groups in total. The molecule has 0 saturated carbocycles. The van der Waals surface area contributed by atoms with Gasteiger partial charge in [0.15, 0.2) is 0 Å². The van der Waals surface area contributed by atoms with E-state index in [1.807, 2.05) is 19.9 Å². The summed E-state index contributed by atoms with van der Waals surface area (Å²) < 4.78 is 0. The maximum absolute atomic E-state index is 11.7. The van der Waals surface area contributed by atoms with E-state index in [2.05, 4.69) is 25.8 Å². The van der Waals surface area contributed by atoms with E-state index in [-0.39, 0.29) is 5.91 Å². The van der Waals surface area contributed by atoms with Gasteiger partial charge in [-0.3, -0.25) is 20.6 Å². The highest BCUT2D eigenvalue weighted by Gasteiger charge is 2.05. The molecule has 0 aliphatic carbocycles. The lowest BCUT2D eigenvalue weighted by molar-refractivity contribution is 0.0962. The Labute approximate surface area is 104 Å². The number of aromatic nitrogens is 3. The molecule has 0 radical (unpaired) electrons. The van der Waals surface area contributed by atoms with Crippen LogP contribution in [-0.2, 0) is 0 Å². The molecule has 92 valence electrons. The SMILES string of the molecule is Cc1cc(C)nc(NNC(=O)c2cccnc2)n1. The maximum Gasteiger partial charge on any atom is 0.271 e. The minimum absolute atomic E-state index is 0.286. The predicted molar refractivity (Wildman–Crippen MR) is 66.8 cm³/mol. The fourth-order valence-corrected chi connectivity index (χ4v) is 1.46. The summed E-state index contributed by atoms with van der Waals surface area (Å²) in [4.78, 5) is 23.9. The van der Waals surface area contributed by atoms with E-state index in [1.54, 1.807) is 18.3 Å². The number of aryl methyl sites for hydroxylation is 2. The predicted octanol–water partition coefficient (Wildman–Crippen LogP) is 1.25. The van der Waals surface area contributed by atoms with Crippen LogP contribution in [0.3, 0.4) is 0 Å². The van der Waals surface area contributed by atoms with Gasteiger partial charge in [-0.2, -0.15) is 0 Å². The van der Waals surface area contributed by atoms with Crippen LogP contribution in [0, 0.1) is 13.8 Å². The molecule has 6 heteroatoms. The van der Waals surface area contributed by atoms with Crippen molar-refractivity contribution in [2.75, 3.05) is 5.43 Å². The van der Waals surface area contributed by atoms with Gasteiger partial charge in [-0.25, -0.2) is 9.97 Å². The van der Waals surface area contributed by atoms with E-state index in [0.717, 1.165) is 11.4 Å². The number of hydrogen-bond donors (Lipinski definition) is 2. The lowest BCUT2D eigenvalue weighted by Gasteiger charge is -2.07. The van der Waals surface area contributed by atoms with E-state index >= 15 is 0 Å². The van der Waals surface area contributed by atoms with Crippen molar-refractivity contribution in [3.63, 3.8) is 0 Å². The summed E-state index contributed by atoms with van der Waals surface area (Å²) in [6.45, 7) is 3.73. The quantitative estimate of drug-likeness (QED) is 0.793. The van der Waals surface area contributed by atoms with Crippen LogP contribution in [-0.4, -0.2) is 20.9 Å². The summed E-state index contributed by atoms with van der Waals surface area (Å²) in [6.07, 6.45) is 3.09. The molecule has 2 aromatic heterocycles. The molecule has 2 aromatic rings. The minimum Gasteiger partial charge on any atom is -0.267 e. The van der Waals surface area contributed by atoms with Gasteiger partial charge in [-0.15, -0.1) is 0 Å². The highest BCUT2D eigenvalue weighted by Crippen LogP contribution is 2.02. The summed E-state index contributed by atoms with van der Waals surface area (Å²) in [6, 6.07) is 5.22. The Bertz CT molecular complexity index is 535. The highest BCUT2D eigenvalue weighted by atomic mass is 16.2. The molecule has 0 unspecified atom stereocenters. The van der Waals surface area contributed by atoms with E-state index in [9.17, 15) is 4.79 Å². The highest BCUT2D eigenvalue weighted by molar-refractivity contribution is 5.94. The Morgan fingerprint density at radius 2 is 1.94 bits per heavy atom. The lowest BCUT2D eigenvalue weighted by Crippen LogP contribution is -2.30. The molecular formula is C12H13N5O. The average Bonchev–Trinajstić information content (AvgIpc) is 2.36. The summed E-state index contributed by atoms with van der Waals surface area (Å²) in [5.41, 5.74) is 7.33. The Kier molecular flexibility index (Phi) is 3.47. The maximum atomic E-state index is 11.7. The van der Waals surface area contributed by atoms with Crippen molar-refractivity contribution >= 4 is 11.9 Å². The molecule has 2 rings (SSSR count). The fraction of sp³-hybridized carbons (Fsp3) is 0.167. The van der Waals surface area contributed by atoms with E-state index in [4.69, 9.17) is 0 Å². The molecule has 18 heavy (non-hydrogen) atoms. The second kappa shape index (κ2) is 5.22. The summed E-state index contributed by atoms with van der Waals surface area (Å²) in [5, 5.41) is 0. The zero-order valence-corrected chi connectivity index (χ0v) is 10.1. The zero-order chi connectivity index (χ0) is 13.0. The van der Waals surface area contributed by atoms with E-state index in [0.29, 0.717) is 11.5 Å². The second-order valence-corrected chi connectivity index (χ2v) is 3.80. The van der Waals surface area contributed by atoms with Gasteiger partial charge in [0.1, 0.15) is 0 Å². The number of rotatable bonds is 3. The van der Waals surface area contributed by atoms with Gasteiger partial charge in [-0.1, -0.05) is 0 Å². The van der Waals surface area contributed by atoms with Crippen LogP contribution in [0.1, 0.15) is 21.7 Å². The van der Waals surface area contributed by atoms with Crippen molar-refractivity contribution < 1.29 is 4.79 Å². The van der Waals surface area contributed by atoms with Crippen molar-refractivity contribution in [1.29, 1.82) is 0 Å². The number of carbonyl (C=O) groups is 1. The van der Waals surface area contributed by atoms with Crippen molar-refractivity contribution in [2.45, 2.75) is 13.8 Å². The number of nitrogens with one attached hydrogen (secondary N) is 2. The molecule has 0 spiro atoms. The Morgan fingerprint density at radius 3 is 2.56 bits per heavy atom. The number of carbonyl (C=O) groups excluding carboxylic acids is 1. The van der Waals surface area contributed by atoms with Gasteiger partial charge in [0.2, 0.25) is 5.95 Å². The first-order valence-electron chi connectivity index (χ1n) is 5.44. The van der Waals surface area contributed by atoms with Gasteiger partial charge in [0.25, 0.3) is 5.91 Å². The minimum atomic E-state index is -0.286. The molecule has 0 aromatic carbocycles. The molecule has 0 fully saturated rings. The van der Waals surface area contributed by atoms with Gasteiger partial charge < -0.3 is 0 Å². The van der Waals surface area contributed by atoms with Crippen molar-refractivity contribution in [3.8, 4) is 0 Å². The first kappa shape index (κ1) is 12.0. The van der Waals surface area contributed by atoms with Crippen LogP contribution < -0.4 is 10.9 Å². The Hall–Kier alpha value is -2.50. The molecule has 0 saturated heterocycles. The molecule has 0 aliphatic heterocycles. The van der Waals surface area contributed by atoms with Crippen molar-refractivity contribution in [3.05, 3.63) is 47.5 Å². The number of anilines is 1. The summed E-state index contributed by atoms with van der Waals surface area (Å²) in [7, 11) is 0. The number of amides is 1. The van der Waals surface area contributed by atoms with Crippen LogP contribution in [0.25, 0.3) is 0 Å². The van der Waals surface area contributed by atoms with Crippen LogP contribution in [0.4, 0.5) is 5.95 Å². The Morgan fingerprint density at radius 1 is 1.22 bits per heavy atom. The smallest absolute Gasteiger partial charge is 0.267 e. The van der Waals surface area contributed by atoms with Crippen LogP contribution in [0.15, 0.2) is 30.6 Å². The molecular weight excluding hydrogens is 230 g/mol. The third-order valence-electron chi connectivity index (χ3n) is 2.19. The number of nitrogens with zero attached hydrogens (tertiary/aromatic N) is 3. The molecule has 6 nitrogen and oxygen atoms in total. The number of hydrazine groups is 1. The third-order valence-corrected chi connectivity index (χ3v) is 2.19. The van der Waals surface area contributed by atoms with Crippen molar-refractivity contribution in [1.82, 2.24) is 20.4 Å². The first-order chi connectivity index (χ1) is 8.65. The van der Waals surface area contributed by atoms with Crippen LogP contribution in [0.2, 0.25) is 0 Å². The van der Waals surface area contributed by atoms with Gasteiger partial charge in [0.05, 0.1) is 5.56 Å². The molecule has 1 amide bonds.